The maximum absolute atomic E-state index is 3.46. The fourth-order valence-corrected chi connectivity index (χ4v) is 2.57. The van der Waals surface area contributed by atoms with E-state index in [1.807, 2.05) is 0 Å². The second-order valence-corrected chi connectivity index (χ2v) is 4.59. The summed E-state index contributed by atoms with van der Waals surface area (Å²) in [5.41, 5.74) is 3.27. The highest BCUT2D eigenvalue weighted by Crippen LogP contribution is 2.43. The van der Waals surface area contributed by atoms with Crippen LogP contribution in [0, 0.1) is 0 Å². The van der Waals surface area contributed by atoms with Crippen LogP contribution in [0.25, 0.3) is 0 Å². The Kier molecular flexibility index (Phi) is 2.06. The fraction of sp³-hybridized carbons (Fsp3) is 0.538. The van der Waals surface area contributed by atoms with Gasteiger partial charge in [-0.1, -0.05) is 24.3 Å². The van der Waals surface area contributed by atoms with Crippen molar-refractivity contribution in [3.63, 3.8) is 0 Å². The zero-order valence-corrected chi connectivity index (χ0v) is 8.50. The van der Waals surface area contributed by atoms with Crippen molar-refractivity contribution >= 4 is 0 Å². The van der Waals surface area contributed by atoms with Crippen LogP contribution >= 0.6 is 0 Å². The van der Waals surface area contributed by atoms with Gasteiger partial charge in [0.05, 0.1) is 0 Å². The van der Waals surface area contributed by atoms with E-state index in [0.717, 1.165) is 11.8 Å². The van der Waals surface area contributed by atoms with Crippen molar-refractivity contribution < 1.29 is 0 Å². The van der Waals surface area contributed by atoms with Crippen molar-refractivity contribution in [1.82, 2.24) is 5.32 Å². The minimum Gasteiger partial charge on any atom is -0.316 e. The van der Waals surface area contributed by atoms with Gasteiger partial charge in [-0.05, 0) is 48.8 Å². The van der Waals surface area contributed by atoms with Crippen LogP contribution in [0.2, 0.25) is 0 Å². The average Bonchev–Trinajstić information content (AvgIpc) is 2.94. The summed E-state index contributed by atoms with van der Waals surface area (Å²) >= 11 is 0. The molecule has 0 bridgehead atoms. The smallest absolute Gasteiger partial charge is 0.00207 e. The van der Waals surface area contributed by atoms with Gasteiger partial charge in [0.1, 0.15) is 0 Å². The Bertz CT molecular complexity index is 322. The summed E-state index contributed by atoms with van der Waals surface area (Å²) in [6.45, 7) is 2.38. The molecule has 1 N–H and O–H groups in total. The monoisotopic (exact) mass is 187 g/mol. The Balaban J connectivity index is 1.94. The van der Waals surface area contributed by atoms with E-state index in [4.69, 9.17) is 0 Å². The summed E-state index contributed by atoms with van der Waals surface area (Å²) in [6, 6.07) is 9.07. The average molecular weight is 187 g/mol. The van der Waals surface area contributed by atoms with Crippen LogP contribution in [0.3, 0.4) is 0 Å². The van der Waals surface area contributed by atoms with Crippen molar-refractivity contribution in [2.24, 2.45) is 0 Å². The molecule has 74 valence electrons. The fourth-order valence-electron chi connectivity index (χ4n) is 2.57. The highest BCUT2D eigenvalue weighted by atomic mass is 14.9. The third-order valence-corrected chi connectivity index (χ3v) is 3.51. The summed E-state index contributed by atoms with van der Waals surface area (Å²) in [6.07, 6.45) is 4.15. The van der Waals surface area contributed by atoms with Gasteiger partial charge in [-0.2, -0.15) is 0 Å². The summed E-state index contributed by atoms with van der Waals surface area (Å²) in [5, 5.41) is 3.46. The molecule has 1 aliphatic carbocycles. The molecule has 1 atom stereocenters. The standard InChI is InChI=1S/C13H17N/c1-2-4-13(11-7-8-14-9-11)12(3-1)10-5-6-10/h1-4,10-11,14H,5-9H2. The van der Waals surface area contributed by atoms with E-state index in [0.29, 0.717) is 0 Å². The molecule has 0 aromatic heterocycles. The third-order valence-electron chi connectivity index (χ3n) is 3.51. The highest BCUT2D eigenvalue weighted by molar-refractivity contribution is 5.36. The lowest BCUT2D eigenvalue weighted by Crippen LogP contribution is -2.09. The minimum atomic E-state index is 0.784. The minimum absolute atomic E-state index is 0.784. The van der Waals surface area contributed by atoms with E-state index in [1.54, 1.807) is 11.1 Å². The number of rotatable bonds is 2. The number of nitrogens with one attached hydrogen (secondary N) is 1. The molecule has 1 nitrogen and oxygen atoms in total. The number of benzene rings is 1. The van der Waals surface area contributed by atoms with Crippen molar-refractivity contribution in [2.45, 2.75) is 31.1 Å². The van der Waals surface area contributed by atoms with Gasteiger partial charge in [0.2, 0.25) is 0 Å². The van der Waals surface area contributed by atoms with E-state index in [9.17, 15) is 0 Å². The molecule has 2 fully saturated rings. The van der Waals surface area contributed by atoms with Crippen molar-refractivity contribution in [3.8, 4) is 0 Å². The lowest BCUT2D eigenvalue weighted by Gasteiger charge is -2.13. The molecular formula is C13H17N. The Hall–Kier alpha value is -0.820. The molecule has 1 aliphatic heterocycles. The molecule has 3 rings (SSSR count). The quantitative estimate of drug-likeness (QED) is 0.750. The molecular weight excluding hydrogens is 170 g/mol. The van der Waals surface area contributed by atoms with Crippen LogP contribution in [0.5, 0.6) is 0 Å². The third kappa shape index (κ3) is 1.46. The Morgan fingerprint density at radius 3 is 2.21 bits per heavy atom. The molecule has 1 aromatic carbocycles. The van der Waals surface area contributed by atoms with E-state index >= 15 is 0 Å². The van der Waals surface area contributed by atoms with E-state index < -0.39 is 0 Å². The molecule has 1 heterocycles. The largest absolute Gasteiger partial charge is 0.316 e. The van der Waals surface area contributed by atoms with Crippen LogP contribution in [0.1, 0.15) is 42.2 Å². The van der Waals surface area contributed by atoms with Crippen molar-refractivity contribution in [1.29, 1.82) is 0 Å². The van der Waals surface area contributed by atoms with Crippen molar-refractivity contribution in [2.75, 3.05) is 13.1 Å². The second kappa shape index (κ2) is 3.39. The Morgan fingerprint density at radius 1 is 0.929 bits per heavy atom. The summed E-state index contributed by atoms with van der Waals surface area (Å²) in [5.74, 6) is 1.68. The van der Waals surface area contributed by atoms with Crippen LogP contribution in [-0.2, 0) is 0 Å². The normalized spacial score (nSPS) is 26.7. The lowest BCUT2D eigenvalue weighted by molar-refractivity contribution is 0.750. The molecule has 1 unspecified atom stereocenters. The van der Waals surface area contributed by atoms with Crippen LogP contribution in [0.4, 0.5) is 0 Å². The first-order valence-corrected chi connectivity index (χ1v) is 5.74. The number of hydrogen-bond donors (Lipinski definition) is 1. The van der Waals surface area contributed by atoms with Crippen molar-refractivity contribution in [3.05, 3.63) is 35.4 Å². The first kappa shape index (κ1) is 8.49. The lowest BCUT2D eigenvalue weighted by atomic mass is 9.91. The molecule has 1 saturated heterocycles. The second-order valence-electron chi connectivity index (χ2n) is 4.59. The van der Waals surface area contributed by atoms with Gasteiger partial charge in [0.25, 0.3) is 0 Å². The maximum atomic E-state index is 3.46. The summed E-state index contributed by atoms with van der Waals surface area (Å²) < 4.78 is 0. The van der Waals surface area contributed by atoms with Gasteiger partial charge in [-0.3, -0.25) is 0 Å². The van der Waals surface area contributed by atoms with E-state index in [1.165, 1.54) is 32.4 Å². The first-order valence-electron chi connectivity index (χ1n) is 5.74. The van der Waals surface area contributed by atoms with E-state index in [-0.39, 0.29) is 0 Å². The molecule has 0 amide bonds. The van der Waals surface area contributed by atoms with Gasteiger partial charge in [-0.15, -0.1) is 0 Å². The Labute approximate surface area is 85.5 Å². The SMILES string of the molecule is c1ccc(C2CCNC2)c(C2CC2)c1. The van der Waals surface area contributed by atoms with Gasteiger partial charge in [0.15, 0.2) is 0 Å². The molecule has 0 spiro atoms. The zero-order chi connectivity index (χ0) is 9.38. The maximum Gasteiger partial charge on any atom is 0.00207 e. The van der Waals surface area contributed by atoms with Gasteiger partial charge < -0.3 is 5.32 Å². The summed E-state index contributed by atoms with van der Waals surface area (Å²) in [4.78, 5) is 0. The first-order chi connectivity index (χ1) is 6.95. The van der Waals surface area contributed by atoms with Crippen LogP contribution < -0.4 is 5.32 Å². The molecule has 1 saturated carbocycles. The number of hydrogen-bond acceptors (Lipinski definition) is 1. The van der Waals surface area contributed by atoms with E-state index in [2.05, 4.69) is 29.6 Å². The zero-order valence-electron chi connectivity index (χ0n) is 8.50. The highest BCUT2D eigenvalue weighted by Gasteiger charge is 2.28. The predicted octanol–water partition coefficient (Wildman–Crippen LogP) is 2.64. The molecule has 0 radical (unpaired) electrons. The predicted molar refractivity (Wildman–Crippen MR) is 58.6 cm³/mol. The molecule has 2 aliphatic rings. The molecule has 1 aromatic rings. The van der Waals surface area contributed by atoms with Crippen LogP contribution in [-0.4, -0.2) is 13.1 Å². The van der Waals surface area contributed by atoms with Gasteiger partial charge in [-0.25, -0.2) is 0 Å². The molecule has 14 heavy (non-hydrogen) atoms. The Morgan fingerprint density at radius 2 is 1.64 bits per heavy atom. The van der Waals surface area contributed by atoms with Crippen LogP contribution in [0.15, 0.2) is 24.3 Å². The topological polar surface area (TPSA) is 12.0 Å². The molecule has 1 heteroatoms. The van der Waals surface area contributed by atoms with Gasteiger partial charge in [0, 0.05) is 6.54 Å². The summed E-state index contributed by atoms with van der Waals surface area (Å²) in [7, 11) is 0. The van der Waals surface area contributed by atoms with Gasteiger partial charge >= 0.3 is 0 Å².